The third-order valence-corrected chi connectivity index (χ3v) is 1.84. The molecule has 1 rings (SSSR count). The van der Waals surface area contributed by atoms with E-state index in [0.717, 1.165) is 20.2 Å². The van der Waals surface area contributed by atoms with Gasteiger partial charge in [0.15, 0.2) is 0 Å². The van der Waals surface area contributed by atoms with Crippen molar-refractivity contribution < 1.29 is 14.6 Å². The number of hydrogen-bond acceptors (Lipinski definition) is 3. The number of rotatable bonds is 4. The van der Waals surface area contributed by atoms with Crippen LogP contribution in [0, 0.1) is 0 Å². The van der Waals surface area contributed by atoms with Gasteiger partial charge in [0.2, 0.25) is 0 Å². The summed E-state index contributed by atoms with van der Waals surface area (Å²) in [7, 11) is 1.10. The number of benzene rings is 1. The van der Waals surface area contributed by atoms with Gasteiger partial charge in [-0.25, -0.2) is 4.79 Å². The fourth-order valence-electron chi connectivity index (χ4n) is 1.01. The Kier molecular flexibility index (Phi) is 9.56. The average molecular weight is 237 g/mol. The molecule has 0 amide bonds. The summed E-state index contributed by atoms with van der Waals surface area (Å²) in [4.78, 5) is 9.15. The van der Waals surface area contributed by atoms with Gasteiger partial charge in [-0.05, 0) is 12.5 Å². The smallest absolute Gasteiger partial charge is 0.450 e. The molecular weight excluding hydrogens is 218 g/mol. The third-order valence-electron chi connectivity index (χ3n) is 1.84. The molecular formula is C13H19NO3. The predicted octanol–water partition coefficient (Wildman–Crippen LogP) is 2.66. The van der Waals surface area contributed by atoms with E-state index < -0.39 is 6.16 Å². The van der Waals surface area contributed by atoms with E-state index in [1.807, 2.05) is 13.0 Å². The normalized spacial score (nSPS) is 9.53. The Morgan fingerprint density at radius 2 is 2.00 bits per heavy atom. The molecule has 0 aliphatic carbocycles. The van der Waals surface area contributed by atoms with Crippen molar-refractivity contribution in [2.75, 3.05) is 13.7 Å². The zero-order valence-corrected chi connectivity index (χ0v) is 10.2. The topological polar surface area (TPSA) is 58.6 Å². The van der Waals surface area contributed by atoms with Gasteiger partial charge >= 0.3 is 6.16 Å². The number of allylic oxidation sites excluding steroid dienone is 1. The second-order valence-electron chi connectivity index (χ2n) is 3.16. The first-order valence-electron chi connectivity index (χ1n) is 5.33. The van der Waals surface area contributed by atoms with E-state index in [0.29, 0.717) is 0 Å². The monoisotopic (exact) mass is 237 g/mol. The molecule has 0 aliphatic rings. The standard InChI is InChI=1S/C11H15N.C2H4O3/c1-2-3-9-12-10-11-7-5-4-6-8-11;1-5-2(3)4/h2-8,12H,9-10H2,1H3;1H3,(H,3,4)/b3-2+;. The van der Waals surface area contributed by atoms with Crippen molar-refractivity contribution in [1.29, 1.82) is 0 Å². The van der Waals surface area contributed by atoms with Gasteiger partial charge in [0.1, 0.15) is 0 Å². The number of hydrogen-bond donors (Lipinski definition) is 2. The van der Waals surface area contributed by atoms with E-state index in [1.54, 1.807) is 0 Å². The molecule has 0 fully saturated rings. The van der Waals surface area contributed by atoms with Gasteiger partial charge in [0.25, 0.3) is 0 Å². The van der Waals surface area contributed by atoms with Crippen LogP contribution >= 0.6 is 0 Å². The van der Waals surface area contributed by atoms with Gasteiger partial charge in [-0.3, -0.25) is 0 Å². The quantitative estimate of drug-likeness (QED) is 0.480. The number of carbonyl (C=O) groups is 1. The van der Waals surface area contributed by atoms with E-state index in [4.69, 9.17) is 9.90 Å². The van der Waals surface area contributed by atoms with Crippen LogP contribution < -0.4 is 5.32 Å². The summed E-state index contributed by atoms with van der Waals surface area (Å²) in [5.74, 6) is 0. The molecule has 0 radical (unpaired) electrons. The van der Waals surface area contributed by atoms with Crippen molar-refractivity contribution in [2.45, 2.75) is 13.5 Å². The molecule has 17 heavy (non-hydrogen) atoms. The number of ether oxygens (including phenoxy) is 1. The van der Waals surface area contributed by atoms with Crippen LogP contribution in [0.25, 0.3) is 0 Å². The fourth-order valence-corrected chi connectivity index (χ4v) is 1.01. The summed E-state index contributed by atoms with van der Waals surface area (Å²) in [6, 6.07) is 10.4. The highest BCUT2D eigenvalue weighted by Crippen LogP contribution is 1.96. The molecule has 0 unspecified atom stereocenters. The molecule has 0 spiro atoms. The first-order chi connectivity index (χ1) is 8.20. The third kappa shape index (κ3) is 10.5. The van der Waals surface area contributed by atoms with Gasteiger partial charge < -0.3 is 15.2 Å². The predicted molar refractivity (Wildman–Crippen MR) is 68.0 cm³/mol. The zero-order chi connectivity index (χ0) is 12.9. The molecule has 0 saturated heterocycles. The molecule has 0 aromatic heterocycles. The van der Waals surface area contributed by atoms with Crippen molar-refractivity contribution in [1.82, 2.24) is 5.32 Å². The minimum absolute atomic E-state index is 0.950. The molecule has 0 aliphatic heterocycles. The molecule has 0 atom stereocenters. The molecule has 0 saturated carbocycles. The van der Waals surface area contributed by atoms with Gasteiger partial charge in [0.05, 0.1) is 7.11 Å². The maximum absolute atomic E-state index is 9.15. The zero-order valence-electron chi connectivity index (χ0n) is 10.2. The van der Waals surface area contributed by atoms with Crippen LogP contribution in [0.4, 0.5) is 4.79 Å². The van der Waals surface area contributed by atoms with Crippen molar-refractivity contribution in [3.63, 3.8) is 0 Å². The van der Waals surface area contributed by atoms with Crippen LogP contribution in [0.5, 0.6) is 0 Å². The SMILES string of the molecule is C/C=C/CNCc1ccccc1.COC(=O)O. The lowest BCUT2D eigenvalue weighted by Crippen LogP contribution is -2.12. The molecule has 0 heterocycles. The maximum Gasteiger partial charge on any atom is 0.505 e. The van der Waals surface area contributed by atoms with E-state index in [9.17, 15) is 0 Å². The van der Waals surface area contributed by atoms with Gasteiger partial charge in [-0.2, -0.15) is 0 Å². The molecule has 1 aromatic carbocycles. The van der Waals surface area contributed by atoms with E-state index in [-0.39, 0.29) is 0 Å². The highest BCUT2D eigenvalue weighted by molar-refractivity contribution is 5.56. The van der Waals surface area contributed by atoms with E-state index in [1.165, 1.54) is 5.56 Å². The number of carboxylic acid groups (broad SMARTS) is 1. The Balaban J connectivity index is 0.000000437. The van der Waals surface area contributed by atoms with Gasteiger partial charge in [0, 0.05) is 13.1 Å². The number of nitrogens with one attached hydrogen (secondary N) is 1. The minimum atomic E-state index is -1.25. The first kappa shape index (κ1) is 15.2. The van der Waals surface area contributed by atoms with Crippen LogP contribution in [-0.2, 0) is 11.3 Å². The molecule has 4 heteroatoms. The van der Waals surface area contributed by atoms with Crippen molar-refractivity contribution in [2.24, 2.45) is 0 Å². The molecule has 2 N–H and O–H groups in total. The fraction of sp³-hybridized carbons (Fsp3) is 0.308. The molecule has 4 nitrogen and oxygen atoms in total. The van der Waals surface area contributed by atoms with Crippen LogP contribution in [0.1, 0.15) is 12.5 Å². The summed E-state index contributed by atoms with van der Waals surface area (Å²) >= 11 is 0. The molecule has 94 valence electrons. The van der Waals surface area contributed by atoms with Crippen molar-refractivity contribution >= 4 is 6.16 Å². The second kappa shape index (κ2) is 10.7. The Morgan fingerprint density at radius 1 is 1.41 bits per heavy atom. The van der Waals surface area contributed by atoms with Crippen molar-refractivity contribution in [3.8, 4) is 0 Å². The summed E-state index contributed by atoms with van der Waals surface area (Å²) in [6.07, 6.45) is 2.92. The highest BCUT2D eigenvalue weighted by Gasteiger charge is 1.86. The largest absolute Gasteiger partial charge is 0.505 e. The van der Waals surface area contributed by atoms with E-state index in [2.05, 4.69) is 46.5 Å². The second-order valence-corrected chi connectivity index (χ2v) is 3.16. The molecule has 1 aromatic rings. The lowest BCUT2D eigenvalue weighted by molar-refractivity contribution is 0.114. The van der Waals surface area contributed by atoms with Crippen LogP contribution in [-0.4, -0.2) is 24.9 Å². The maximum atomic E-state index is 9.15. The van der Waals surface area contributed by atoms with Gasteiger partial charge in [-0.1, -0.05) is 42.5 Å². The Bertz CT molecular complexity index is 323. The Hall–Kier alpha value is -1.81. The Labute approximate surface area is 102 Å². The number of methoxy groups -OCH3 is 1. The van der Waals surface area contributed by atoms with Crippen molar-refractivity contribution in [3.05, 3.63) is 48.0 Å². The summed E-state index contributed by atoms with van der Waals surface area (Å²) < 4.78 is 3.67. The minimum Gasteiger partial charge on any atom is -0.450 e. The van der Waals surface area contributed by atoms with Gasteiger partial charge in [-0.15, -0.1) is 0 Å². The summed E-state index contributed by atoms with van der Waals surface area (Å²) in [6.45, 7) is 3.93. The molecule has 0 bridgehead atoms. The lowest BCUT2D eigenvalue weighted by Gasteiger charge is -2.00. The van der Waals surface area contributed by atoms with Crippen LogP contribution in [0.15, 0.2) is 42.5 Å². The summed E-state index contributed by atoms with van der Waals surface area (Å²) in [5.41, 5.74) is 1.34. The Morgan fingerprint density at radius 3 is 2.47 bits per heavy atom. The van der Waals surface area contributed by atoms with Crippen LogP contribution in [0.2, 0.25) is 0 Å². The lowest BCUT2D eigenvalue weighted by atomic mass is 10.2. The van der Waals surface area contributed by atoms with E-state index >= 15 is 0 Å². The first-order valence-corrected chi connectivity index (χ1v) is 5.33. The van der Waals surface area contributed by atoms with Crippen LogP contribution in [0.3, 0.4) is 0 Å². The summed E-state index contributed by atoms with van der Waals surface area (Å²) in [5, 5.41) is 10.8. The average Bonchev–Trinajstić information content (AvgIpc) is 2.37. The highest BCUT2D eigenvalue weighted by atomic mass is 16.6.